The Hall–Kier alpha value is -2.13. The van der Waals surface area contributed by atoms with E-state index in [9.17, 15) is 10.1 Å². The smallest absolute Gasteiger partial charge is 0.289 e. The molecule has 1 aliphatic rings. The molecule has 2 rings (SSSR count). The van der Waals surface area contributed by atoms with Crippen LogP contribution in [0.1, 0.15) is 25.3 Å². The molecule has 6 heteroatoms. The van der Waals surface area contributed by atoms with Crippen LogP contribution < -0.4 is 4.90 Å². The normalized spacial score (nSPS) is 18.6. The quantitative estimate of drug-likeness (QED) is 0.623. The number of benzene rings is 1. The molecule has 0 aromatic heterocycles. The monoisotopic (exact) mass is 275 g/mol. The van der Waals surface area contributed by atoms with Crippen molar-refractivity contribution < 1.29 is 9.66 Å². The first-order valence-electron chi connectivity index (χ1n) is 6.70. The minimum Gasteiger partial charge on any atom is -0.377 e. The second kappa shape index (κ2) is 6.35. The van der Waals surface area contributed by atoms with Crippen LogP contribution in [0.15, 0.2) is 18.2 Å². The Morgan fingerprint density at radius 3 is 3.05 bits per heavy atom. The van der Waals surface area contributed by atoms with Crippen molar-refractivity contribution in [3.05, 3.63) is 33.9 Å². The second-order valence-corrected chi connectivity index (χ2v) is 4.74. The number of ether oxygens (including phenoxy) is 1. The summed E-state index contributed by atoms with van der Waals surface area (Å²) in [4.78, 5) is 12.6. The van der Waals surface area contributed by atoms with E-state index in [-0.39, 0.29) is 17.4 Å². The van der Waals surface area contributed by atoms with Crippen LogP contribution in [0.5, 0.6) is 0 Å². The van der Waals surface area contributed by atoms with Gasteiger partial charge in [-0.3, -0.25) is 10.1 Å². The van der Waals surface area contributed by atoms with Crippen molar-refractivity contribution in [3.63, 3.8) is 0 Å². The molecular formula is C14H17N3O3. The van der Waals surface area contributed by atoms with Crippen LogP contribution in [0.4, 0.5) is 11.4 Å². The fourth-order valence-corrected chi connectivity index (χ4v) is 2.51. The highest BCUT2D eigenvalue weighted by Crippen LogP contribution is 2.27. The summed E-state index contributed by atoms with van der Waals surface area (Å²) in [6, 6.07) is 6.61. The van der Waals surface area contributed by atoms with Crippen LogP contribution in [-0.2, 0) is 4.74 Å². The highest BCUT2D eigenvalue weighted by atomic mass is 16.6. The van der Waals surface area contributed by atoms with Crippen molar-refractivity contribution in [2.75, 3.05) is 24.6 Å². The van der Waals surface area contributed by atoms with Gasteiger partial charge < -0.3 is 9.64 Å². The molecule has 1 heterocycles. The van der Waals surface area contributed by atoms with Gasteiger partial charge in [0.25, 0.3) is 5.69 Å². The van der Waals surface area contributed by atoms with Crippen LogP contribution in [0.2, 0.25) is 0 Å². The lowest BCUT2D eigenvalue weighted by Gasteiger charge is -2.34. The number of anilines is 1. The van der Waals surface area contributed by atoms with Gasteiger partial charge in [0.15, 0.2) is 0 Å². The molecule has 0 radical (unpaired) electrons. The van der Waals surface area contributed by atoms with Crippen molar-refractivity contribution in [2.24, 2.45) is 0 Å². The minimum absolute atomic E-state index is 0.0946. The third-order valence-corrected chi connectivity index (χ3v) is 3.44. The van der Waals surface area contributed by atoms with Gasteiger partial charge in [0.05, 0.1) is 11.0 Å². The van der Waals surface area contributed by atoms with Crippen LogP contribution in [0.25, 0.3) is 0 Å². The molecule has 1 saturated heterocycles. The van der Waals surface area contributed by atoms with Gasteiger partial charge in [-0.15, -0.1) is 0 Å². The lowest BCUT2D eigenvalue weighted by atomic mass is 10.1. The maximum absolute atomic E-state index is 11.0. The molecule has 1 aromatic rings. The number of nitrogens with zero attached hydrogens (tertiary/aromatic N) is 3. The van der Waals surface area contributed by atoms with Gasteiger partial charge in [-0.05, 0) is 31.9 Å². The van der Waals surface area contributed by atoms with E-state index in [0.29, 0.717) is 6.61 Å². The van der Waals surface area contributed by atoms with Gasteiger partial charge in [0.2, 0.25) is 0 Å². The average molecular weight is 275 g/mol. The number of hydrogen-bond donors (Lipinski definition) is 0. The molecule has 1 aliphatic heterocycles. The number of hydrogen-bond acceptors (Lipinski definition) is 5. The molecule has 1 atom stereocenters. The molecule has 106 valence electrons. The summed E-state index contributed by atoms with van der Waals surface area (Å²) >= 11 is 0. The molecule has 0 bridgehead atoms. The summed E-state index contributed by atoms with van der Waals surface area (Å²) in [6.45, 7) is 4.22. The largest absolute Gasteiger partial charge is 0.377 e. The van der Waals surface area contributed by atoms with Crippen LogP contribution in [0.3, 0.4) is 0 Å². The molecule has 0 spiro atoms. The SMILES string of the molecule is CCOC1CCCN(c2ccc(C#N)c([N+](=O)[O-])c2)C1. The topological polar surface area (TPSA) is 79.4 Å². The van der Waals surface area contributed by atoms with E-state index < -0.39 is 4.92 Å². The van der Waals surface area contributed by atoms with Gasteiger partial charge in [-0.2, -0.15) is 5.26 Å². The zero-order valence-electron chi connectivity index (χ0n) is 11.4. The van der Waals surface area contributed by atoms with E-state index >= 15 is 0 Å². The van der Waals surface area contributed by atoms with E-state index in [4.69, 9.17) is 10.00 Å². The predicted octanol–water partition coefficient (Wildman–Crippen LogP) is 2.47. The highest BCUT2D eigenvalue weighted by molar-refractivity contribution is 5.60. The first-order valence-corrected chi connectivity index (χ1v) is 6.70. The fourth-order valence-electron chi connectivity index (χ4n) is 2.51. The standard InChI is InChI=1S/C14H17N3O3/c1-2-20-13-4-3-7-16(10-13)12-6-5-11(9-15)14(8-12)17(18)19/h5-6,8,13H,2-4,7,10H2,1H3. The zero-order valence-corrected chi connectivity index (χ0v) is 11.4. The van der Waals surface area contributed by atoms with Crippen molar-refractivity contribution >= 4 is 11.4 Å². The Bertz CT molecular complexity index is 537. The van der Waals surface area contributed by atoms with Crippen molar-refractivity contribution in [2.45, 2.75) is 25.9 Å². The number of nitro groups is 1. The van der Waals surface area contributed by atoms with Gasteiger partial charge in [-0.25, -0.2) is 0 Å². The van der Waals surface area contributed by atoms with Crippen molar-refractivity contribution in [1.29, 1.82) is 5.26 Å². The molecule has 0 aliphatic carbocycles. The maximum atomic E-state index is 11.0. The zero-order chi connectivity index (χ0) is 14.5. The molecule has 6 nitrogen and oxygen atoms in total. The van der Waals surface area contributed by atoms with Gasteiger partial charge in [0, 0.05) is 31.5 Å². The third kappa shape index (κ3) is 3.06. The molecule has 20 heavy (non-hydrogen) atoms. The van der Waals surface area contributed by atoms with Gasteiger partial charge in [-0.1, -0.05) is 0 Å². The van der Waals surface area contributed by atoms with E-state index in [1.807, 2.05) is 13.0 Å². The summed E-state index contributed by atoms with van der Waals surface area (Å²) < 4.78 is 5.63. The summed E-state index contributed by atoms with van der Waals surface area (Å²) in [6.07, 6.45) is 2.18. The lowest BCUT2D eigenvalue weighted by Crippen LogP contribution is -2.39. The van der Waals surface area contributed by atoms with E-state index in [2.05, 4.69) is 4.90 Å². The molecule has 0 N–H and O–H groups in total. The second-order valence-electron chi connectivity index (χ2n) is 4.74. The average Bonchev–Trinajstić information content (AvgIpc) is 2.47. The first-order chi connectivity index (χ1) is 9.65. The third-order valence-electron chi connectivity index (χ3n) is 3.44. The van der Waals surface area contributed by atoms with Gasteiger partial charge in [0.1, 0.15) is 11.6 Å². The van der Waals surface area contributed by atoms with Gasteiger partial charge >= 0.3 is 0 Å². The van der Waals surface area contributed by atoms with E-state index in [1.165, 1.54) is 12.1 Å². The molecule has 1 fully saturated rings. The number of nitro benzene ring substituents is 1. The molecule has 0 saturated carbocycles. The first kappa shape index (κ1) is 14.3. The summed E-state index contributed by atoms with van der Waals surface area (Å²) in [5.41, 5.74) is 0.737. The molecular weight excluding hydrogens is 258 g/mol. The Morgan fingerprint density at radius 2 is 2.40 bits per heavy atom. The Labute approximate surface area is 117 Å². The van der Waals surface area contributed by atoms with Crippen LogP contribution in [-0.4, -0.2) is 30.7 Å². The highest BCUT2D eigenvalue weighted by Gasteiger charge is 2.23. The van der Waals surface area contributed by atoms with E-state index in [0.717, 1.165) is 31.6 Å². The molecule has 1 aromatic carbocycles. The molecule has 0 amide bonds. The predicted molar refractivity (Wildman–Crippen MR) is 74.7 cm³/mol. The van der Waals surface area contributed by atoms with Crippen LogP contribution >= 0.6 is 0 Å². The van der Waals surface area contributed by atoms with E-state index in [1.54, 1.807) is 6.07 Å². The maximum Gasteiger partial charge on any atom is 0.289 e. The van der Waals surface area contributed by atoms with Crippen molar-refractivity contribution in [1.82, 2.24) is 0 Å². The lowest BCUT2D eigenvalue weighted by molar-refractivity contribution is -0.385. The molecule has 1 unspecified atom stereocenters. The number of piperidine rings is 1. The fraction of sp³-hybridized carbons (Fsp3) is 0.500. The Balaban J connectivity index is 2.22. The summed E-state index contributed by atoms with van der Waals surface area (Å²) in [5, 5.41) is 19.9. The summed E-state index contributed by atoms with van der Waals surface area (Å²) in [5.74, 6) is 0. The minimum atomic E-state index is -0.508. The number of rotatable bonds is 4. The number of nitriles is 1. The Morgan fingerprint density at radius 1 is 1.60 bits per heavy atom. The van der Waals surface area contributed by atoms with Crippen molar-refractivity contribution in [3.8, 4) is 6.07 Å². The summed E-state index contributed by atoms with van der Waals surface area (Å²) in [7, 11) is 0. The van der Waals surface area contributed by atoms with Crippen LogP contribution in [0, 0.1) is 21.4 Å². The Kier molecular flexibility index (Phi) is 4.53.